The Morgan fingerprint density at radius 3 is 2.54 bits per heavy atom. The first-order chi connectivity index (χ1) is 11.3. The number of ether oxygens (including phenoxy) is 1. The van der Waals surface area contributed by atoms with Crippen LogP contribution in [0.15, 0.2) is 35.9 Å². The largest absolute Gasteiger partial charge is 0.481 e. The molecule has 6 nitrogen and oxygen atoms in total. The molecule has 3 atom stereocenters. The number of allylic oxidation sites excluding steroid dienone is 2. The summed E-state index contributed by atoms with van der Waals surface area (Å²) >= 11 is 0. The molecule has 0 saturated carbocycles. The average molecular weight is 331 g/mol. The van der Waals surface area contributed by atoms with Crippen molar-refractivity contribution >= 4 is 23.5 Å². The lowest BCUT2D eigenvalue weighted by Crippen LogP contribution is -2.39. The summed E-state index contributed by atoms with van der Waals surface area (Å²) in [6.45, 7) is 3.68. The van der Waals surface area contributed by atoms with Gasteiger partial charge >= 0.3 is 11.9 Å². The highest BCUT2D eigenvalue weighted by molar-refractivity contribution is 6.02. The molecule has 128 valence electrons. The zero-order valence-electron chi connectivity index (χ0n) is 13.9. The maximum Gasteiger partial charge on any atom is 0.339 e. The zero-order valence-corrected chi connectivity index (χ0v) is 13.9. The molecule has 0 bridgehead atoms. The van der Waals surface area contributed by atoms with Crippen molar-refractivity contribution in [2.45, 2.75) is 20.3 Å². The fourth-order valence-corrected chi connectivity index (χ4v) is 3.22. The molecule has 1 amide bonds. The van der Waals surface area contributed by atoms with Crippen LogP contribution < -0.4 is 5.32 Å². The van der Waals surface area contributed by atoms with Crippen molar-refractivity contribution in [3.63, 3.8) is 0 Å². The van der Waals surface area contributed by atoms with Crippen molar-refractivity contribution in [1.29, 1.82) is 0 Å². The monoisotopic (exact) mass is 331 g/mol. The van der Waals surface area contributed by atoms with Gasteiger partial charge in [0.15, 0.2) is 0 Å². The molecule has 1 aromatic carbocycles. The molecule has 0 unspecified atom stereocenters. The number of carboxylic acid groups (broad SMARTS) is 1. The third-order valence-electron chi connectivity index (χ3n) is 4.30. The number of rotatable bonds is 4. The first-order valence-corrected chi connectivity index (χ1v) is 7.73. The molecular weight excluding hydrogens is 310 g/mol. The summed E-state index contributed by atoms with van der Waals surface area (Å²) in [6.07, 6.45) is 2.28. The SMILES string of the molecule is COC(=O)c1ccccc1NC(=O)[C@@H]1CC(C)=C[C@H](C)[C@@H]1C(=O)O. The summed E-state index contributed by atoms with van der Waals surface area (Å²) < 4.78 is 4.70. The van der Waals surface area contributed by atoms with E-state index >= 15 is 0 Å². The number of hydrogen-bond donors (Lipinski definition) is 2. The number of amides is 1. The van der Waals surface area contributed by atoms with Crippen molar-refractivity contribution in [3.8, 4) is 0 Å². The van der Waals surface area contributed by atoms with Gasteiger partial charge in [-0.15, -0.1) is 0 Å². The number of anilines is 1. The quantitative estimate of drug-likeness (QED) is 0.654. The van der Waals surface area contributed by atoms with E-state index in [0.29, 0.717) is 12.1 Å². The number of methoxy groups -OCH3 is 1. The molecule has 2 N–H and O–H groups in total. The van der Waals surface area contributed by atoms with Gasteiger partial charge in [-0.1, -0.05) is 30.7 Å². The molecule has 6 heteroatoms. The Hall–Kier alpha value is -2.63. The standard InChI is InChI=1S/C18H21NO5/c1-10-8-11(2)15(17(21)22)13(9-10)16(20)19-14-7-5-4-6-12(14)18(23)24-3/h4-8,11,13,15H,9H2,1-3H3,(H,19,20)(H,21,22)/t11-,13+,15-/m0/s1. The van der Waals surface area contributed by atoms with Crippen molar-refractivity contribution in [2.75, 3.05) is 12.4 Å². The van der Waals surface area contributed by atoms with Crippen LogP contribution in [-0.4, -0.2) is 30.1 Å². The first kappa shape index (κ1) is 17.7. The second-order valence-electron chi connectivity index (χ2n) is 6.07. The Labute approximate surface area is 140 Å². The molecule has 0 aliphatic heterocycles. The van der Waals surface area contributed by atoms with Crippen LogP contribution in [0.4, 0.5) is 5.69 Å². The van der Waals surface area contributed by atoms with E-state index in [2.05, 4.69) is 5.32 Å². The number of carbonyl (C=O) groups excluding carboxylic acids is 2. The summed E-state index contributed by atoms with van der Waals surface area (Å²) in [6, 6.07) is 6.49. The van der Waals surface area contributed by atoms with E-state index in [1.807, 2.05) is 13.0 Å². The first-order valence-electron chi connectivity index (χ1n) is 7.73. The molecule has 1 aromatic rings. The Morgan fingerprint density at radius 2 is 1.92 bits per heavy atom. The van der Waals surface area contributed by atoms with Gasteiger partial charge in [-0.2, -0.15) is 0 Å². The number of carboxylic acids is 1. The molecule has 0 radical (unpaired) electrons. The van der Waals surface area contributed by atoms with E-state index < -0.39 is 29.7 Å². The lowest BCUT2D eigenvalue weighted by Gasteiger charge is -2.31. The molecule has 1 aliphatic rings. The fraction of sp³-hybridized carbons (Fsp3) is 0.389. The highest BCUT2D eigenvalue weighted by atomic mass is 16.5. The zero-order chi connectivity index (χ0) is 17.9. The lowest BCUT2D eigenvalue weighted by molar-refractivity contribution is -0.148. The molecule has 24 heavy (non-hydrogen) atoms. The van der Waals surface area contributed by atoms with Crippen LogP contribution in [0.25, 0.3) is 0 Å². The maximum atomic E-state index is 12.7. The molecule has 2 rings (SSSR count). The van der Waals surface area contributed by atoms with Crippen LogP contribution in [0.5, 0.6) is 0 Å². The van der Waals surface area contributed by atoms with Gasteiger partial charge in [0.25, 0.3) is 0 Å². The second-order valence-corrected chi connectivity index (χ2v) is 6.07. The van der Waals surface area contributed by atoms with Crippen molar-refractivity contribution in [1.82, 2.24) is 0 Å². The number of esters is 1. The lowest BCUT2D eigenvalue weighted by atomic mass is 9.73. The predicted octanol–water partition coefficient (Wildman–Crippen LogP) is 2.71. The van der Waals surface area contributed by atoms with Gasteiger partial charge in [-0.25, -0.2) is 4.79 Å². The Balaban J connectivity index is 2.28. The van der Waals surface area contributed by atoms with Crippen molar-refractivity contribution in [2.24, 2.45) is 17.8 Å². The molecule has 1 aliphatic carbocycles. The smallest absolute Gasteiger partial charge is 0.339 e. The van der Waals surface area contributed by atoms with E-state index in [9.17, 15) is 19.5 Å². The van der Waals surface area contributed by atoms with E-state index in [1.165, 1.54) is 7.11 Å². The van der Waals surface area contributed by atoms with E-state index in [1.54, 1.807) is 31.2 Å². The minimum Gasteiger partial charge on any atom is -0.481 e. The number of carbonyl (C=O) groups is 3. The van der Waals surface area contributed by atoms with Crippen LogP contribution >= 0.6 is 0 Å². The van der Waals surface area contributed by atoms with Crippen molar-refractivity contribution < 1.29 is 24.2 Å². The molecular formula is C18H21NO5. The van der Waals surface area contributed by atoms with Crippen LogP contribution in [0.3, 0.4) is 0 Å². The van der Waals surface area contributed by atoms with Gasteiger partial charge in [0.05, 0.1) is 30.2 Å². The van der Waals surface area contributed by atoms with Gasteiger partial charge < -0.3 is 15.2 Å². The third kappa shape index (κ3) is 3.64. The van der Waals surface area contributed by atoms with Gasteiger partial charge in [0.1, 0.15) is 0 Å². The molecule has 0 heterocycles. The van der Waals surface area contributed by atoms with E-state index in [0.717, 1.165) is 5.57 Å². The van der Waals surface area contributed by atoms with Crippen molar-refractivity contribution in [3.05, 3.63) is 41.5 Å². The Bertz CT molecular complexity index is 694. The van der Waals surface area contributed by atoms with Crippen LogP contribution in [-0.2, 0) is 14.3 Å². The number of hydrogen-bond acceptors (Lipinski definition) is 4. The maximum absolute atomic E-state index is 12.7. The number of aliphatic carboxylic acids is 1. The van der Waals surface area contributed by atoms with E-state index in [-0.39, 0.29) is 11.5 Å². The summed E-state index contributed by atoms with van der Waals surface area (Å²) in [4.78, 5) is 36.1. The summed E-state index contributed by atoms with van der Waals surface area (Å²) in [5.41, 5.74) is 1.54. The molecule has 0 aromatic heterocycles. The van der Waals surface area contributed by atoms with Crippen LogP contribution in [0, 0.1) is 17.8 Å². The molecule has 0 spiro atoms. The number of nitrogens with one attached hydrogen (secondary N) is 1. The highest BCUT2D eigenvalue weighted by Gasteiger charge is 2.39. The fourth-order valence-electron chi connectivity index (χ4n) is 3.22. The second kappa shape index (κ2) is 7.29. The van der Waals surface area contributed by atoms with Gasteiger partial charge in [0.2, 0.25) is 5.91 Å². The summed E-state index contributed by atoms with van der Waals surface area (Å²) in [5, 5.41) is 12.2. The number of para-hydroxylation sites is 1. The van der Waals surface area contributed by atoms with Crippen LogP contribution in [0.2, 0.25) is 0 Å². The van der Waals surface area contributed by atoms with Gasteiger partial charge in [-0.3, -0.25) is 9.59 Å². The number of benzene rings is 1. The Kier molecular flexibility index (Phi) is 5.39. The van der Waals surface area contributed by atoms with Gasteiger partial charge in [0, 0.05) is 0 Å². The predicted molar refractivity (Wildman–Crippen MR) is 88.6 cm³/mol. The average Bonchev–Trinajstić information content (AvgIpc) is 2.53. The summed E-state index contributed by atoms with van der Waals surface area (Å²) in [5.74, 6) is -3.67. The minimum absolute atomic E-state index is 0.233. The molecule has 0 saturated heterocycles. The molecule has 0 fully saturated rings. The summed E-state index contributed by atoms with van der Waals surface area (Å²) in [7, 11) is 1.26. The van der Waals surface area contributed by atoms with E-state index in [4.69, 9.17) is 4.74 Å². The van der Waals surface area contributed by atoms with Gasteiger partial charge in [-0.05, 0) is 31.4 Å². The Morgan fingerprint density at radius 1 is 1.25 bits per heavy atom. The topological polar surface area (TPSA) is 92.7 Å². The third-order valence-corrected chi connectivity index (χ3v) is 4.30. The highest BCUT2D eigenvalue weighted by Crippen LogP contribution is 2.35. The normalized spacial score (nSPS) is 23.1. The van der Waals surface area contributed by atoms with Crippen LogP contribution in [0.1, 0.15) is 30.6 Å². The minimum atomic E-state index is -0.993.